The van der Waals surface area contributed by atoms with Crippen LogP contribution >= 0.6 is 11.6 Å². The van der Waals surface area contributed by atoms with Crippen molar-refractivity contribution in [2.75, 3.05) is 0 Å². The van der Waals surface area contributed by atoms with Gasteiger partial charge in [-0.2, -0.15) is 0 Å². The molecule has 2 rings (SSSR count). The van der Waals surface area contributed by atoms with Crippen LogP contribution in [0.2, 0.25) is 5.02 Å². The number of nitrogens with zero attached hydrogens (tertiary/aromatic N) is 1. The number of hydrogen-bond acceptors (Lipinski definition) is 3. The third-order valence-corrected chi connectivity index (χ3v) is 2.58. The molecule has 0 radical (unpaired) electrons. The molecule has 0 fully saturated rings. The summed E-state index contributed by atoms with van der Waals surface area (Å²) in [5.41, 5.74) is 1.58. The van der Waals surface area contributed by atoms with Crippen LogP contribution in [0, 0.1) is 6.92 Å². The third-order valence-electron chi connectivity index (χ3n) is 2.18. The molecule has 1 aromatic carbocycles. The minimum atomic E-state index is -0.681. The predicted octanol–water partition coefficient (Wildman–Crippen LogP) is 2.22. The molecule has 1 heterocycles. The number of aromatic nitrogens is 1. The highest BCUT2D eigenvalue weighted by Gasteiger charge is 2.13. The molecule has 0 aliphatic rings. The number of oxazole rings is 1. The largest absolute Gasteiger partial charge is 0.426 e. The number of carbonyl (C=O) groups is 1. The number of rotatable bonds is 0. The number of benzene rings is 1. The lowest BCUT2D eigenvalue weighted by Gasteiger charge is -1.98. The maximum atomic E-state index is 11.3. The molecule has 0 atom stereocenters. The summed E-state index contributed by atoms with van der Waals surface area (Å²) in [6.07, 6.45) is 0. The van der Waals surface area contributed by atoms with Gasteiger partial charge in [0.05, 0.1) is 5.52 Å². The van der Waals surface area contributed by atoms with Crippen molar-refractivity contribution in [1.29, 1.82) is 0 Å². The van der Waals surface area contributed by atoms with Gasteiger partial charge in [-0.3, -0.25) is 4.79 Å². The van der Waals surface area contributed by atoms with Crippen LogP contribution in [0.1, 0.15) is 17.3 Å². The summed E-state index contributed by atoms with van der Waals surface area (Å²) in [6.45, 7) is 3.09. The van der Waals surface area contributed by atoms with Crippen molar-refractivity contribution in [3.8, 4) is 0 Å². The van der Waals surface area contributed by atoms with E-state index in [4.69, 9.17) is 16.0 Å². The van der Waals surface area contributed by atoms with Crippen LogP contribution in [0.3, 0.4) is 0 Å². The fourth-order valence-corrected chi connectivity index (χ4v) is 1.60. The molecule has 0 saturated heterocycles. The van der Waals surface area contributed by atoms with Crippen molar-refractivity contribution >= 4 is 28.6 Å². The van der Waals surface area contributed by atoms with Crippen LogP contribution in [-0.4, -0.2) is 10.5 Å². The molecule has 4 nitrogen and oxygen atoms in total. The second-order valence-electron chi connectivity index (χ2n) is 3.29. The van der Waals surface area contributed by atoms with E-state index in [1.807, 2.05) is 0 Å². The van der Waals surface area contributed by atoms with Gasteiger partial charge in [0.25, 0.3) is 0 Å². The van der Waals surface area contributed by atoms with Crippen molar-refractivity contribution in [3.05, 3.63) is 33.3 Å². The van der Waals surface area contributed by atoms with E-state index in [1.54, 1.807) is 19.1 Å². The minimum absolute atomic E-state index is 0.372. The van der Waals surface area contributed by atoms with Gasteiger partial charge in [-0.05, 0) is 24.6 Å². The summed E-state index contributed by atoms with van der Waals surface area (Å²) in [4.78, 5) is 22.5. The zero-order chi connectivity index (χ0) is 11.2. The zero-order valence-corrected chi connectivity index (χ0v) is 8.96. The first-order chi connectivity index (χ1) is 7.00. The number of carbonyl (C=O) groups excluding carboxylic acids is 1. The van der Waals surface area contributed by atoms with Gasteiger partial charge in [0.2, 0.25) is 5.91 Å². The van der Waals surface area contributed by atoms with Gasteiger partial charge in [-0.1, -0.05) is 11.6 Å². The normalized spacial score (nSPS) is 10.9. The summed E-state index contributed by atoms with van der Waals surface area (Å²) < 4.78 is 5.88. The lowest BCUT2D eigenvalue weighted by atomic mass is 10.2. The summed E-state index contributed by atoms with van der Waals surface area (Å²) in [5, 5.41) is 0.498. The molecule has 0 N–H and O–H groups in total. The van der Waals surface area contributed by atoms with Gasteiger partial charge in [-0.15, -0.1) is 0 Å². The Kier molecular flexibility index (Phi) is 2.16. The van der Waals surface area contributed by atoms with Crippen LogP contribution in [0.4, 0.5) is 0 Å². The maximum absolute atomic E-state index is 11.3. The van der Waals surface area contributed by atoms with Gasteiger partial charge >= 0.3 is 5.76 Å². The average Bonchev–Trinajstić information content (AvgIpc) is 2.41. The molecule has 15 heavy (non-hydrogen) atoms. The van der Waals surface area contributed by atoms with E-state index >= 15 is 0 Å². The second kappa shape index (κ2) is 3.24. The van der Waals surface area contributed by atoms with Crippen molar-refractivity contribution in [2.24, 2.45) is 0 Å². The minimum Gasteiger partial charge on any atom is -0.407 e. The van der Waals surface area contributed by atoms with Gasteiger partial charge in [-0.25, -0.2) is 9.36 Å². The summed E-state index contributed by atoms with van der Waals surface area (Å²) in [6, 6.07) is 3.19. The van der Waals surface area contributed by atoms with E-state index in [2.05, 4.69) is 0 Å². The fraction of sp³-hybridized carbons (Fsp3) is 0.200. The van der Waals surface area contributed by atoms with Gasteiger partial charge < -0.3 is 4.42 Å². The van der Waals surface area contributed by atoms with Gasteiger partial charge in [0.1, 0.15) is 0 Å². The fourth-order valence-electron chi connectivity index (χ4n) is 1.44. The molecule has 2 aromatic rings. The Hall–Kier alpha value is -1.55. The monoisotopic (exact) mass is 225 g/mol. The molecular formula is C10H8ClNO3. The smallest absolute Gasteiger partial charge is 0.407 e. The Bertz CT molecular complexity index is 609. The Labute approximate surface area is 90.1 Å². The second-order valence-corrected chi connectivity index (χ2v) is 3.70. The number of aryl methyl sites for hydroxylation is 1. The van der Waals surface area contributed by atoms with Crippen LogP contribution in [-0.2, 0) is 0 Å². The summed E-state index contributed by atoms with van der Waals surface area (Å²) in [5.74, 6) is -1.07. The van der Waals surface area contributed by atoms with Crippen LogP contribution in [0.5, 0.6) is 0 Å². The number of hydrogen-bond donors (Lipinski definition) is 0. The first kappa shape index (κ1) is 9.98. The Morgan fingerprint density at radius 1 is 1.47 bits per heavy atom. The van der Waals surface area contributed by atoms with Crippen LogP contribution < -0.4 is 5.76 Å². The summed E-state index contributed by atoms with van der Waals surface area (Å²) >= 11 is 5.91. The van der Waals surface area contributed by atoms with E-state index < -0.39 is 11.7 Å². The highest BCUT2D eigenvalue weighted by molar-refractivity contribution is 6.32. The molecular weight excluding hydrogens is 218 g/mol. The van der Waals surface area contributed by atoms with Crippen LogP contribution in [0.25, 0.3) is 11.1 Å². The average molecular weight is 226 g/mol. The molecule has 0 aliphatic carbocycles. The Balaban J connectivity index is 2.94. The predicted molar refractivity (Wildman–Crippen MR) is 56.5 cm³/mol. The molecule has 0 saturated carbocycles. The summed E-state index contributed by atoms with van der Waals surface area (Å²) in [7, 11) is 0. The highest BCUT2D eigenvalue weighted by Crippen LogP contribution is 2.22. The van der Waals surface area contributed by atoms with Gasteiger partial charge in [0, 0.05) is 11.9 Å². The quantitative estimate of drug-likeness (QED) is 0.691. The van der Waals surface area contributed by atoms with E-state index in [0.29, 0.717) is 16.1 Å². The van der Waals surface area contributed by atoms with Crippen LogP contribution in [0.15, 0.2) is 21.3 Å². The highest BCUT2D eigenvalue weighted by atomic mass is 35.5. The topological polar surface area (TPSA) is 52.2 Å². The van der Waals surface area contributed by atoms with E-state index in [9.17, 15) is 9.59 Å². The SMILES string of the molecule is CC(=O)n1c(=O)oc2cc(C)c(Cl)cc21. The zero-order valence-electron chi connectivity index (χ0n) is 8.20. The third kappa shape index (κ3) is 1.47. The first-order valence-corrected chi connectivity index (χ1v) is 4.71. The lowest BCUT2D eigenvalue weighted by Crippen LogP contribution is -2.19. The molecule has 0 aliphatic heterocycles. The van der Waals surface area contributed by atoms with Crippen molar-refractivity contribution in [3.63, 3.8) is 0 Å². The Morgan fingerprint density at radius 3 is 2.73 bits per heavy atom. The lowest BCUT2D eigenvalue weighted by molar-refractivity contribution is 0.0933. The van der Waals surface area contributed by atoms with Crippen molar-refractivity contribution < 1.29 is 9.21 Å². The van der Waals surface area contributed by atoms with E-state index in [0.717, 1.165) is 10.1 Å². The molecule has 0 spiro atoms. The molecule has 1 aromatic heterocycles. The molecule has 78 valence electrons. The standard InChI is InChI=1S/C10H8ClNO3/c1-5-3-9-8(4-7(5)11)12(6(2)13)10(14)15-9/h3-4H,1-2H3. The molecule has 0 bridgehead atoms. The molecule has 5 heteroatoms. The van der Waals surface area contributed by atoms with Crippen molar-refractivity contribution in [2.45, 2.75) is 13.8 Å². The van der Waals surface area contributed by atoms with E-state index in [-0.39, 0.29) is 0 Å². The molecule has 0 unspecified atom stereocenters. The van der Waals surface area contributed by atoms with Gasteiger partial charge in [0.15, 0.2) is 5.58 Å². The maximum Gasteiger partial charge on any atom is 0.426 e. The number of fused-ring (bicyclic) bond motifs is 1. The van der Waals surface area contributed by atoms with E-state index in [1.165, 1.54) is 6.92 Å². The first-order valence-electron chi connectivity index (χ1n) is 4.33. The van der Waals surface area contributed by atoms with Crippen molar-refractivity contribution in [1.82, 2.24) is 4.57 Å². The molecule has 0 amide bonds. The number of halogens is 1. The Morgan fingerprint density at radius 2 is 2.13 bits per heavy atom.